The predicted octanol–water partition coefficient (Wildman–Crippen LogP) is 1.56. The number of primary amides is 1. The van der Waals surface area contributed by atoms with Gasteiger partial charge in [-0.15, -0.1) is 0 Å². The molecule has 0 unspecified atom stereocenters. The molecule has 0 aliphatic carbocycles. The molecule has 2 rings (SSSR count). The lowest BCUT2D eigenvalue weighted by atomic mass is 10.0. The van der Waals surface area contributed by atoms with Crippen LogP contribution in [0.15, 0.2) is 48.7 Å². The van der Waals surface area contributed by atoms with E-state index >= 15 is 0 Å². The summed E-state index contributed by atoms with van der Waals surface area (Å²) in [5, 5.41) is 2.04. The van der Waals surface area contributed by atoms with Crippen LogP contribution in [0.25, 0.3) is 11.3 Å². The largest absolute Gasteiger partial charge is 0.351 e. The fourth-order valence-corrected chi connectivity index (χ4v) is 1.61. The molecule has 90 valence electrons. The van der Waals surface area contributed by atoms with Gasteiger partial charge in [0.2, 0.25) is 0 Å². The van der Waals surface area contributed by atoms with Crippen molar-refractivity contribution in [3.8, 4) is 11.3 Å². The second-order valence-corrected chi connectivity index (χ2v) is 3.58. The van der Waals surface area contributed by atoms with Crippen LogP contribution in [0.1, 0.15) is 10.4 Å². The molecule has 3 amide bonds. The Bertz CT molecular complexity index is 582. The number of imide groups is 1. The molecule has 0 atom stereocenters. The Hall–Kier alpha value is -2.69. The zero-order valence-corrected chi connectivity index (χ0v) is 9.46. The van der Waals surface area contributed by atoms with Crippen molar-refractivity contribution < 1.29 is 9.59 Å². The minimum Gasteiger partial charge on any atom is -0.351 e. The van der Waals surface area contributed by atoms with E-state index in [1.54, 1.807) is 42.6 Å². The van der Waals surface area contributed by atoms with Crippen molar-refractivity contribution in [1.82, 2.24) is 10.3 Å². The molecule has 0 bridgehead atoms. The van der Waals surface area contributed by atoms with Gasteiger partial charge >= 0.3 is 6.03 Å². The van der Waals surface area contributed by atoms with E-state index in [9.17, 15) is 9.59 Å². The maximum absolute atomic E-state index is 11.8. The second-order valence-electron chi connectivity index (χ2n) is 3.58. The number of hydrogen-bond acceptors (Lipinski definition) is 3. The summed E-state index contributed by atoms with van der Waals surface area (Å²) in [5.41, 5.74) is 6.60. The van der Waals surface area contributed by atoms with Crippen molar-refractivity contribution in [3.63, 3.8) is 0 Å². The summed E-state index contributed by atoms with van der Waals surface area (Å²) in [5.74, 6) is -0.538. The van der Waals surface area contributed by atoms with Gasteiger partial charge in [-0.05, 0) is 18.2 Å². The van der Waals surface area contributed by atoms with E-state index in [0.29, 0.717) is 16.8 Å². The van der Waals surface area contributed by atoms with Gasteiger partial charge in [0.15, 0.2) is 0 Å². The monoisotopic (exact) mass is 241 g/mol. The zero-order valence-electron chi connectivity index (χ0n) is 9.46. The summed E-state index contributed by atoms with van der Waals surface area (Å²) in [7, 11) is 0. The standard InChI is InChI=1S/C13H11N3O2/c14-13(18)16-12(17)10-6-2-1-5-9(10)11-7-3-4-8-15-11/h1-8H,(H3,14,16,17,18). The Balaban J connectivity index is 2.44. The molecule has 0 saturated heterocycles. The maximum Gasteiger partial charge on any atom is 0.319 e. The molecular weight excluding hydrogens is 230 g/mol. The van der Waals surface area contributed by atoms with Gasteiger partial charge in [0.05, 0.1) is 5.69 Å². The molecule has 0 saturated carbocycles. The van der Waals surface area contributed by atoms with Crippen LogP contribution < -0.4 is 11.1 Å². The maximum atomic E-state index is 11.8. The zero-order chi connectivity index (χ0) is 13.0. The van der Waals surface area contributed by atoms with Gasteiger partial charge < -0.3 is 5.73 Å². The van der Waals surface area contributed by atoms with Crippen LogP contribution in [-0.4, -0.2) is 16.9 Å². The van der Waals surface area contributed by atoms with Gasteiger partial charge in [-0.1, -0.05) is 24.3 Å². The molecule has 5 nitrogen and oxygen atoms in total. The number of nitrogens with one attached hydrogen (secondary N) is 1. The molecular formula is C13H11N3O2. The highest BCUT2D eigenvalue weighted by atomic mass is 16.2. The third kappa shape index (κ3) is 2.52. The van der Waals surface area contributed by atoms with Crippen molar-refractivity contribution in [3.05, 3.63) is 54.2 Å². The first kappa shape index (κ1) is 11.8. The molecule has 0 fully saturated rings. The Morgan fingerprint density at radius 3 is 2.44 bits per heavy atom. The number of nitrogens with two attached hydrogens (primary N) is 1. The molecule has 3 N–H and O–H groups in total. The average Bonchev–Trinajstić information content (AvgIpc) is 2.39. The minimum absolute atomic E-state index is 0.356. The number of pyridine rings is 1. The Morgan fingerprint density at radius 1 is 1.06 bits per heavy atom. The smallest absolute Gasteiger partial charge is 0.319 e. The van der Waals surface area contributed by atoms with Crippen LogP contribution in [-0.2, 0) is 0 Å². The van der Waals surface area contributed by atoms with E-state index < -0.39 is 11.9 Å². The molecule has 0 radical (unpaired) electrons. The van der Waals surface area contributed by atoms with E-state index in [1.165, 1.54) is 0 Å². The van der Waals surface area contributed by atoms with Gasteiger partial charge in [-0.2, -0.15) is 0 Å². The first-order valence-electron chi connectivity index (χ1n) is 5.29. The third-order valence-electron chi connectivity index (χ3n) is 2.35. The minimum atomic E-state index is -0.879. The molecule has 0 spiro atoms. The number of aromatic nitrogens is 1. The van der Waals surface area contributed by atoms with Crippen LogP contribution in [0.3, 0.4) is 0 Å². The fourth-order valence-electron chi connectivity index (χ4n) is 1.61. The number of amides is 3. The van der Waals surface area contributed by atoms with Gasteiger partial charge in [-0.3, -0.25) is 15.1 Å². The SMILES string of the molecule is NC(=O)NC(=O)c1ccccc1-c1ccccn1. The summed E-state index contributed by atoms with van der Waals surface area (Å²) < 4.78 is 0. The topological polar surface area (TPSA) is 85.1 Å². The Labute approximate surface area is 104 Å². The number of urea groups is 1. The molecule has 1 heterocycles. The highest BCUT2D eigenvalue weighted by molar-refractivity contribution is 6.07. The molecule has 1 aromatic carbocycles. The quantitative estimate of drug-likeness (QED) is 0.836. The number of carbonyl (C=O) groups is 2. The molecule has 2 aromatic rings. The van der Waals surface area contributed by atoms with E-state index in [0.717, 1.165) is 0 Å². The van der Waals surface area contributed by atoms with Crippen LogP contribution in [0.4, 0.5) is 4.79 Å². The fraction of sp³-hybridized carbons (Fsp3) is 0. The normalized spacial score (nSPS) is 9.78. The number of rotatable bonds is 2. The van der Waals surface area contributed by atoms with Crippen molar-refractivity contribution >= 4 is 11.9 Å². The number of carbonyl (C=O) groups excluding carboxylic acids is 2. The van der Waals surface area contributed by atoms with Crippen molar-refractivity contribution in [2.24, 2.45) is 5.73 Å². The Morgan fingerprint density at radius 2 is 1.78 bits per heavy atom. The summed E-state index contributed by atoms with van der Waals surface area (Å²) in [6.45, 7) is 0. The molecule has 0 aliphatic heterocycles. The van der Waals surface area contributed by atoms with Crippen molar-refractivity contribution in [2.45, 2.75) is 0 Å². The van der Waals surface area contributed by atoms with Crippen LogP contribution in [0.5, 0.6) is 0 Å². The third-order valence-corrected chi connectivity index (χ3v) is 2.35. The molecule has 5 heteroatoms. The van der Waals surface area contributed by atoms with Crippen LogP contribution in [0.2, 0.25) is 0 Å². The summed E-state index contributed by atoms with van der Waals surface area (Å²) >= 11 is 0. The lowest BCUT2D eigenvalue weighted by Gasteiger charge is -2.07. The van der Waals surface area contributed by atoms with Crippen molar-refractivity contribution in [1.29, 1.82) is 0 Å². The molecule has 0 aliphatic rings. The van der Waals surface area contributed by atoms with E-state index in [2.05, 4.69) is 4.98 Å². The Kier molecular flexibility index (Phi) is 3.33. The van der Waals surface area contributed by atoms with Crippen LogP contribution >= 0.6 is 0 Å². The van der Waals surface area contributed by atoms with E-state index in [1.807, 2.05) is 11.4 Å². The first-order chi connectivity index (χ1) is 8.68. The summed E-state index contributed by atoms with van der Waals surface area (Å²) in [6, 6.07) is 11.4. The number of hydrogen-bond donors (Lipinski definition) is 2. The van der Waals surface area contributed by atoms with Gasteiger partial charge in [0.25, 0.3) is 5.91 Å². The van der Waals surface area contributed by atoms with Crippen LogP contribution in [0, 0.1) is 0 Å². The van der Waals surface area contributed by atoms with Gasteiger partial charge in [0.1, 0.15) is 0 Å². The van der Waals surface area contributed by atoms with Gasteiger partial charge in [0, 0.05) is 17.3 Å². The lowest BCUT2D eigenvalue weighted by Crippen LogP contribution is -2.35. The number of nitrogens with zero attached hydrogens (tertiary/aromatic N) is 1. The molecule has 18 heavy (non-hydrogen) atoms. The van der Waals surface area contributed by atoms with Gasteiger partial charge in [-0.25, -0.2) is 4.79 Å². The van der Waals surface area contributed by atoms with E-state index in [4.69, 9.17) is 5.73 Å². The lowest BCUT2D eigenvalue weighted by molar-refractivity contribution is 0.0967. The summed E-state index contributed by atoms with van der Waals surface area (Å²) in [6.07, 6.45) is 1.64. The average molecular weight is 241 g/mol. The second kappa shape index (κ2) is 5.09. The van der Waals surface area contributed by atoms with Crippen molar-refractivity contribution in [2.75, 3.05) is 0 Å². The predicted molar refractivity (Wildman–Crippen MR) is 66.7 cm³/mol. The summed E-state index contributed by atoms with van der Waals surface area (Å²) in [4.78, 5) is 26.7. The first-order valence-corrected chi connectivity index (χ1v) is 5.29. The molecule has 1 aromatic heterocycles. The van der Waals surface area contributed by atoms with E-state index in [-0.39, 0.29) is 0 Å². The number of benzene rings is 1. The highest BCUT2D eigenvalue weighted by Crippen LogP contribution is 2.21. The highest BCUT2D eigenvalue weighted by Gasteiger charge is 2.13.